The second-order valence-corrected chi connectivity index (χ2v) is 18.5. The molecule has 0 radical (unpaired) electrons. The van der Waals surface area contributed by atoms with Crippen LogP contribution in [0.4, 0.5) is 17.2 Å². The minimum absolute atomic E-state index is 0.0131. The average Bonchev–Trinajstić information content (AvgIpc) is 4.07. The average molecular weight is 966 g/mol. The van der Waals surface area contributed by atoms with E-state index in [9.17, 15) is 33.9 Å². The molecule has 3 aromatic heterocycles. The number of β-amino-alcohol motifs (C(OH)–C–C–N with tert-alkyl or cyclic N) is 1. The first-order valence-electron chi connectivity index (χ1n) is 22.5. The maximum Gasteiger partial charge on any atom is 0.273 e. The summed E-state index contributed by atoms with van der Waals surface area (Å²) in [6.45, 7) is 7.24. The quantitative estimate of drug-likeness (QED) is 0.0549. The summed E-state index contributed by atoms with van der Waals surface area (Å²) < 4.78 is 7.23. The summed E-state index contributed by atoms with van der Waals surface area (Å²) in [6.07, 6.45) is 2.30. The number of hydrogen-bond acceptors (Lipinski definition) is 15. The number of carbonyl (C=O) groups excluding carboxylic acids is 6. The van der Waals surface area contributed by atoms with Crippen LogP contribution in [0.3, 0.4) is 0 Å². The number of likely N-dealkylation sites (tertiary alicyclic amines) is 1. The predicted molar refractivity (Wildman–Crippen MR) is 258 cm³/mol. The standard InChI is InChI=1S/C47H59N13O8S/c1-27-41(69-26-52-27)29-18-16-28(17-19-29)22-50-44(65)34-20-30(61)24-60(34)46(67)42(47(2,3)4)55-37(63)15-10-8-9-14-36(62)49-23-38(64)54-35-21-33(39(57-56-35)45(66)48-5)53-32-13-11-12-31(40(32)68-7)43-51-25-59(6)58-43/h11-13,16-19,21,25-26,30,34,42,61H,8-10,14-15,20,22-24H2,1-7H3,(H,48,66)(H,49,62)(H,50,65)(H,55,63)(H2,53,54,56,64)/t30-,34+,42-/m1/s1. The van der Waals surface area contributed by atoms with Gasteiger partial charge in [0.1, 0.15) is 18.4 Å². The number of aliphatic hydroxyl groups excluding tert-OH is 1. The van der Waals surface area contributed by atoms with Crippen LogP contribution in [-0.2, 0) is 37.6 Å². The molecule has 69 heavy (non-hydrogen) atoms. The molecule has 0 bridgehead atoms. The van der Waals surface area contributed by atoms with E-state index in [0.29, 0.717) is 42.1 Å². The number of amides is 6. The summed E-state index contributed by atoms with van der Waals surface area (Å²) >= 11 is 1.56. The molecule has 3 atom stereocenters. The summed E-state index contributed by atoms with van der Waals surface area (Å²) in [4.78, 5) is 90.0. The van der Waals surface area contributed by atoms with Crippen molar-refractivity contribution >= 4 is 64.0 Å². The van der Waals surface area contributed by atoms with Crippen LogP contribution in [0.25, 0.3) is 21.8 Å². The second-order valence-electron chi connectivity index (χ2n) is 17.7. The summed E-state index contributed by atoms with van der Waals surface area (Å²) in [6, 6.07) is 12.6. The molecule has 1 aliphatic heterocycles. The number of thiazole rings is 1. The van der Waals surface area contributed by atoms with Gasteiger partial charge in [-0.15, -0.1) is 21.5 Å². The van der Waals surface area contributed by atoms with Gasteiger partial charge in [-0.3, -0.25) is 33.4 Å². The van der Waals surface area contributed by atoms with Crippen LogP contribution < -0.4 is 36.6 Å². The second kappa shape index (κ2) is 23.1. The lowest BCUT2D eigenvalue weighted by Gasteiger charge is -2.35. The molecule has 1 fully saturated rings. The monoisotopic (exact) mass is 965 g/mol. The van der Waals surface area contributed by atoms with Crippen molar-refractivity contribution in [2.75, 3.05) is 37.9 Å². The Balaban J connectivity index is 0.938. The first kappa shape index (κ1) is 51.1. The molecule has 0 saturated carbocycles. The number of ether oxygens (including phenoxy) is 1. The van der Waals surface area contributed by atoms with Crippen LogP contribution in [-0.4, -0.2) is 121 Å². The summed E-state index contributed by atoms with van der Waals surface area (Å²) in [5.41, 5.74) is 5.15. The third kappa shape index (κ3) is 13.4. The number of nitrogens with zero attached hydrogens (tertiary/aromatic N) is 7. The van der Waals surface area contributed by atoms with Crippen LogP contribution in [0.5, 0.6) is 5.75 Å². The minimum Gasteiger partial charge on any atom is -0.494 e. The molecule has 1 aliphatic rings. The van der Waals surface area contributed by atoms with Crippen LogP contribution in [0.15, 0.2) is 60.4 Å². The van der Waals surface area contributed by atoms with E-state index in [0.717, 1.165) is 21.7 Å². The van der Waals surface area contributed by atoms with E-state index in [1.54, 1.807) is 53.1 Å². The fourth-order valence-electron chi connectivity index (χ4n) is 7.69. The Morgan fingerprint density at radius 3 is 2.32 bits per heavy atom. The Bertz CT molecular complexity index is 2650. The molecular weight excluding hydrogens is 907 g/mol. The minimum atomic E-state index is -0.969. The number of para-hydroxylation sites is 1. The van der Waals surface area contributed by atoms with Crippen molar-refractivity contribution in [2.24, 2.45) is 12.5 Å². The number of methoxy groups -OCH3 is 1. The first-order chi connectivity index (χ1) is 32.9. The Morgan fingerprint density at radius 1 is 0.928 bits per heavy atom. The number of aliphatic hydroxyl groups is 1. The van der Waals surface area contributed by atoms with Gasteiger partial charge in [-0.2, -0.15) is 5.10 Å². The first-order valence-corrected chi connectivity index (χ1v) is 23.3. The fourth-order valence-corrected chi connectivity index (χ4v) is 8.50. The van der Waals surface area contributed by atoms with Gasteiger partial charge in [0.2, 0.25) is 29.5 Å². The third-order valence-electron chi connectivity index (χ3n) is 11.3. The highest BCUT2D eigenvalue weighted by Crippen LogP contribution is 2.37. The molecule has 5 aromatic rings. The molecule has 4 heterocycles. The SMILES string of the molecule is CNC(=O)c1nnc(NC(=O)CNC(=O)CCCCCC(=O)N[C@H](C(=O)N2C[C@H](O)C[C@H]2C(=O)NCc2ccc(-c3scnc3C)cc2)C(C)(C)C)cc1Nc1cccc(-c2ncn(C)n2)c1OC. The fraction of sp³-hybridized carbons (Fsp3) is 0.426. The van der Waals surface area contributed by atoms with E-state index in [2.05, 4.69) is 57.2 Å². The largest absolute Gasteiger partial charge is 0.494 e. The number of aryl methyl sites for hydroxylation is 2. The lowest BCUT2D eigenvalue weighted by molar-refractivity contribution is -0.144. The topological polar surface area (TPSA) is 277 Å². The van der Waals surface area contributed by atoms with Crippen molar-refractivity contribution in [3.8, 4) is 27.6 Å². The number of unbranched alkanes of at least 4 members (excludes halogenated alkanes) is 2. The van der Waals surface area contributed by atoms with Crippen LogP contribution in [0, 0.1) is 12.3 Å². The van der Waals surface area contributed by atoms with Crippen molar-refractivity contribution < 1.29 is 38.6 Å². The number of benzene rings is 2. The van der Waals surface area contributed by atoms with Crippen molar-refractivity contribution in [1.82, 2.24) is 56.1 Å². The van der Waals surface area contributed by atoms with Crippen molar-refractivity contribution in [2.45, 2.75) is 91.0 Å². The van der Waals surface area contributed by atoms with E-state index in [4.69, 9.17) is 4.74 Å². The van der Waals surface area contributed by atoms with Crippen LogP contribution in [0.1, 0.15) is 81.0 Å². The van der Waals surface area contributed by atoms with Gasteiger partial charge in [0.15, 0.2) is 23.1 Å². The zero-order valence-corrected chi connectivity index (χ0v) is 40.5. The van der Waals surface area contributed by atoms with Crippen molar-refractivity contribution in [3.05, 3.63) is 77.3 Å². The Labute approximate surface area is 403 Å². The van der Waals surface area contributed by atoms with Crippen LogP contribution in [0.2, 0.25) is 0 Å². The number of anilines is 3. The maximum atomic E-state index is 14.0. The van der Waals surface area contributed by atoms with Crippen molar-refractivity contribution in [1.29, 1.82) is 0 Å². The molecule has 22 heteroatoms. The lowest BCUT2D eigenvalue weighted by Crippen LogP contribution is -2.57. The lowest BCUT2D eigenvalue weighted by atomic mass is 9.85. The molecule has 21 nitrogen and oxygen atoms in total. The molecule has 6 rings (SSSR count). The van der Waals surface area contributed by atoms with Gasteiger partial charge in [0.25, 0.3) is 5.91 Å². The summed E-state index contributed by atoms with van der Waals surface area (Å²) in [5, 5.41) is 39.5. The molecule has 6 amide bonds. The van der Waals surface area contributed by atoms with Crippen LogP contribution >= 0.6 is 11.3 Å². The molecule has 366 valence electrons. The van der Waals surface area contributed by atoms with Gasteiger partial charge in [-0.25, -0.2) is 9.97 Å². The Kier molecular flexibility index (Phi) is 17.1. The van der Waals surface area contributed by atoms with E-state index in [1.807, 2.05) is 52.0 Å². The molecule has 0 unspecified atom stereocenters. The normalized spacial score (nSPS) is 14.9. The van der Waals surface area contributed by atoms with E-state index < -0.39 is 47.2 Å². The number of aromatic nitrogens is 6. The van der Waals surface area contributed by atoms with E-state index in [1.165, 1.54) is 25.1 Å². The number of nitrogens with one attached hydrogen (secondary N) is 6. The predicted octanol–water partition coefficient (Wildman–Crippen LogP) is 3.63. The summed E-state index contributed by atoms with van der Waals surface area (Å²) in [5.74, 6) is -1.87. The third-order valence-corrected chi connectivity index (χ3v) is 12.3. The van der Waals surface area contributed by atoms with Gasteiger partial charge >= 0.3 is 0 Å². The molecule has 2 aromatic carbocycles. The smallest absolute Gasteiger partial charge is 0.273 e. The number of rotatable bonds is 20. The molecule has 0 aliphatic carbocycles. The van der Waals surface area contributed by atoms with Gasteiger partial charge in [0, 0.05) is 52.5 Å². The van der Waals surface area contributed by atoms with Gasteiger partial charge < -0.3 is 46.6 Å². The molecule has 7 N–H and O–H groups in total. The highest BCUT2D eigenvalue weighted by molar-refractivity contribution is 7.13. The Hall–Kier alpha value is -7.33. The zero-order valence-electron chi connectivity index (χ0n) is 39.7. The highest BCUT2D eigenvalue weighted by atomic mass is 32.1. The van der Waals surface area contributed by atoms with E-state index >= 15 is 0 Å². The molecular formula is C47H59N13O8S. The van der Waals surface area contributed by atoms with E-state index in [-0.39, 0.29) is 67.9 Å². The maximum absolute atomic E-state index is 14.0. The van der Waals surface area contributed by atoms with Gasteiger partial charge in [-0.1, -0.05) is 57.5 Å². The molecule has 1 saturated heterocycles. The Morgan fingerprint density at radius 2 is 1.67 bits per heavy atom. The highest BCUT2D eigenvalue weighted by Gasteiger charge is 2.44. The van der Waals surface area contributed by atoms with Crippen molar-refractivity contribution in [3.63, 3.8) is 0 Å². The zero-order chi connectivity index (χ0) is 49.8. The number of carbonyl (C=O) groups is 6. The van der Waals surface area contributed by atoms with Gasteiger partial charge in [0.05, 0.1) is 52.8 Å². The molecule has 0 spiro atoms. The van der Waals surface area contributed by atoms with Gasteiger partial charge in [-0.05, 0) is 48.4 Å². The number of hydrogen-bond donors (Lipinski definition) is 7. The summed E-state index contributed by atoms with van der Waals surface area (Å²) in [7, 11) is 4.67.